The average molecular weight is 323 g/mol. The van der Waals surface area contributed by atoms with Gasteiger partial charge in [0.1, 0.15) is 11.5 Å². The average Bonchev–Trinajstić information content (AvgIpc) is 3.20. The van der Waals surface area contributed by atoms with E-state index in [0.717, 1.165) is 34.9 Å². The van der Waals surface area contributed by atoms with Gasteiger partial charge >= 0.3 is 0 Å². The Labute approximate surface area is 140 Å². The van der Waals surface area contributed by atoms with Crippen molar-refractivity contribution in [2.75, 3.05) is 19.4 Å². The zero-order valence-corrected chi connectivity index (χ0v) is 14.1. The third kappa shape index (κ3) is 3.55. The molecule has 0 aliphatic heterocycles. The van der Waals surface area contributed by atoms with E-state index >= 15 is 0 Å². The normalized spacial score (nSPS) is 11.0. The van der Waals surface area contributed by atoms with Crippen molar-refractivity contribution in [2.45, 2.75) is 13.5 Å². The van der Waals surface area contributed by atoms with Crippen LogP contribution in [0.15, 0.2) is 42.7 Å². The molecule has 0 saturated carbocycles. The molecule has 3 aromatic rings. The highest BCUT2D eigenvalue weighted by Crippen LogP contribution is 2.22. The number of benzene rings is 1. The highest BCUT2D eigenvalue weighted by atomic mass is 16.1. The van der Waals surface area contributed by atoms with Gasteiger partial charge in [0.05, 0.1) is 0 Å². The number of aryl methyl sites for hydroxylation is 1. The summed E-state index contributed by atoms with van der Waals surface area (Å²) < 4.78 is 0. The Kier molecular flexibility index (Phi) is 4.48. The standard InChI is InChI=1S/C18H21N5O/c1-12-10-13(17-19-8-9-20-17)4-6-15(12)22-18(24)16-7-5-14(21-16)11-23(2)3/h4-10,21H,11H2,1-3H3,(H,19,20)(H,22,24). The van der Waals surface area contributed by atoms with E-state index in [4.69, 9.17) is 0 Å². The van der Waals surface area contributed by atoms with E-state index in [0.29, 0.717) is 5.69 Å². The summed E-state index contributed by atoms with van der Waals surface area (Å²) in [6.45, 7) is 2.73. The summed E-state index contributed by atoms with van der Waals surface area (Å²) in [4.78, 5) is 24.9. The summed E-state index contributed by atoms with van der Waals surface area (Å²) in [5, 5.41) is 2.95. The molecule has 0 fully saturated rings. The summed E-state index contributed by atoms with van der Waals surface area (Å²) >= 11 is 0. The van der Waals surface area contributed by atoms with Crippen LogP contribution < -0.4 is 5.32 Å². The number of carbonyl (C=O) groups excluding carboxylic acids is 1. The molecule has 2 aromatic heterocycles. The predicted molar refractivity (Wildman–Crippen MR) is 94.9 cm³/mol. The lowest BCUT2D eigenvalue weighted by molar-refractivity contribution is 0.102. The van der Waals surface area contributed by atoms with Crippen LogP contribution in [0.5, 0.6) is 0 Å². The van der Waals surface area contributed by atoms with Crippen LogP contribution in [0.3, 0.4) is 0 Å². The molecule has 0 aliphatic carbocycles. The Morgan fingerprint density at radius 1 is 1.25 bits per heavy atom. The predicted octanol–water partition coefficient (Wildman–Crippen LogP) is 3.03. The number of amides is 1. The minimum absolute atomic E-state index is 0.145. The van der Waals surface area contributed by atoms with Gasteiger partial charge in [-0.05, 0) is 56.9 Å². The molecule has 3 N–H and O–H groups in total. The van der Waals surface area contributed by atoms with Gasteiger partial charge in [-0.3, -0.25) is 4.79 Å². The molecule has 3 rings (SSSR count). The third-order valence-electron chi connectivity index (χ3n) is 3.72. The summed E-state index contributed by atoms with van der Waals surface area (Å²) in [7, 11) is 3.98. The zero-order valence-electron chi connectivity index (χ0n) is 14.1. The molecule has 0 bridgehead atoms. The number of carbonyl (C=O) groups is 1. The second-order valence-electron chi connectivity index (χ2n) is 6.06. The Balaban J connectivity index is 1.73. The van der Waals surface area contributed by atoms with Crippen LogP contribution in [0, 0.1) is 6.92 Å². The van der Waals surface area contributed by atoms with E-state index in [1.165, 1.54) is 0 Å². The molecule has 24 heavy (non-hydrogen) atoms. The van der Waals surface area contributed by atoms with Crippen LogP contribution in [0.4, 0.5) is 5.69 Å². The number of H-pyrrole nitrogens is 2. The SMILES string of the molecule is Cc1cc(-c2ncc[nH]2)ccc1NC(=O)c1ccc(CN(C)C)[nH]1. The van der Waals surface area contributed by atoms with E-state index in [-0.39, 0.29) is 5.91 Å². The van der Waals surface area contributed by atoms with Gasteiger partial charge in [0.15, 0.2) is 0 Å². The first-order chi connectivity index (χ1) is 11.5. The Morgan fingerprint density at radius 2 is 2.08 bits per heavy atom. The van der Waals surface area contributed by atoms with Crippen LogP contribution in [0.1, 0.15) is 21.7 Å². The Morgan fingerprint density at radius 3 is 2.75 bits per heavy atom. The van der Waals surface area contributed by atoms with Crippen molar-refractivity contribution >= 4 is 11.6 Å². The molecule has 124 valence electrons. The monoisotopic (exact) mass is 323 g/mol. The molecule has 1 amide bonds. The third-order valence-corrected chi connectivity index (χ3v) is 3.72. The summed E-state index contributed by atoms with van der Waals surface area (Å²) in [6.07, 6.45) is 3.51. The van der Waals surface area contributed by atoms with Gasteiger partial charge in [0, 0.05) is 35.9 Å². The van der Waals surface area contributed by atoms with Gasteiger partial charge in [0.25, 0.3) is 5.91 Å². The van der Waals surface area contributed by atoms with Crippen molar-refractivity contribution in [1.82, 2.24) is 19.9 Å². The number of nitrogens with zero attached hydrogens (tertiary/aromatic N) is 2. The fourth-order valence-corrected chi connectivity index (χ4v) is 2.57. The summed E-state index contributed by atoms with van der Waals surface area (Å²) in [5.41, 5.74) is 4.33. The number of hydrogen-bond donors (Lipinski definition) is 3. The van der Waals surface area contributed by atoms with Crippen LogP contribution in [0.25, 0.3) is 11.4 Å². The molecule has 0 radical (unpaired) electrons. The molecule has 0 spiro atoms. The van der Waals surface area contributed by atoms with Crippen molar-refractivity contribution < 1.29 is 4.79 Å². The smallest absolute Gasteiger partial charge is 0.272 e. The molecule has 2 heterocycles. The lowest BCUT2D eigenvalue weighted by Gasteiger charge is -2.09. The van der Waals surface area contributed by atoms with Crippen molar-refractivity contribution in [1.29, 1.82) is 0 Å². The molecule has 6 nitrogen and oxygen atoms in total. The molecular weight excluding hydrogens is 302 g/mol. The van der Waals surface area contributed by atoms with Gasteiger partial charge in [-0.2, -0.15) is 0 Å². The largest absolute Gasteiger partial charge is 0.353 e. The number of nitrogens with one attached hydrogen (secondary N) is 3. The minimum atomic E-state index is -0.145. The number of hydrogen-bond acceptors (Lipinski definition) is 3. The van der Waals surface area contributed by atoms with E-state index in [1.807, 2.05) is 50.2 Å². The fourth-order valence-electron chi connectivity index (χ4n) is 2.57. The van der Waals surface area contributed by atoms with Crippen molar-refractivity contribution in [3.8, 4) is 11.4 Å². The van der Waals surface area contributed by atoms with Gasteiger partial charge in [0.2, 0.25) is 0 Å². The van der Waals surface area contributed by atoms with Crippen LogP contribution in [-0.2, 0) is 6.54 Å². The van der Waals surface area contributed by atoms with E-state index in [9.17, 15) is 4.79 Å². The number of anilines is 1. The van der Waals surface area contributed by atoms with Crippen LogP contribution in [-0.4, -0.2) is 39.9 Å². The lowest BCUT2D eigenvalue weighted by atomic mass is 10.1. The van der Waals surface area contributed by atoms with Crippen molar-refractivity contribution in [3.05, 3.63) is 59.7 Å². The molecule has 0 saturated heterocycles. The molecule has 0 atom stereocenters. The highest BCUT2D eigenvalue weighted by molar-refractivity contribution is 6.03. The van der Waals surface area contributed by atoms with E-state index < -0.39 is 0 Å². The molecule has 0 unspecified atom stereocenters. The first-order valence-electron chi connectivity index (χ1n) is 7.77. The van der Waals surface area contributed by atoms with Gasteiger partial charge < -0.3 is 20.2 Å². The summed E-state index contributed by atoms with van der Waals surface area (Å²) in [5.74, 6) is 0.669. The van der Waals surface area contributed by atoms with Crippen LogP contribution >= 0.6 is 0 Å². The van der Waals surface area contributed by atoms with Crippen molar-refractivity contribution in [2.24, 2.45) is 0 Å². The Bertz CT molecular complexity index is 833. The molecule has 1 aromatic carbocycles. The quantitative estimate of drug-likeness (QED) is 0.675. The van der Waals surface area contributed by atoms with Gasteiger partial charge in [-0.1, -0.05) is 0 Å². The number of aromatic amines is 2. The topological polar surface area (TPSA) is 76.8 Å². The van der Waals surface area contributed by atoms with Gasteiger partial charge in [-0.15, -0.1) is 0 Å². The van der Waals surface area contributed by atoms with Gasteiger partial charge in [-0.25, -0.2) is 4.98 Å². The maximum atomic E-state index is 12.4. The van der Waals surface area contributed by atoms with Crippen LogP contribution in [0.2, 0.25) is 0 Å². The molecule has 0 aliphatic rings. The fraction of sp³-hybridized carbons (Fsp3) is 0.222. The number of imidazole rings is 1. The maximum absolute atomic E-state index is 12.4. The Hall–Kier alpha value is -2.86. The highest BCUT2D eigenvalue weighted by Gasteiger charge is 2.11. The second-order valence-corrected chi connectivity index (χ2v) is 6.06. The van der Waals surface area contributed by atoms with E-state index in [1.54, 1.807) is 18.5 Å². The second kappa shape index (κ2) is 6.72. The van der Waals surface area contributed by atoms with E-state index in [2.05, 4.69) is 20.3 Å². The summed E-state index contributed by atoms with van der Waals surface area (Å²) in [6, 6.07) is 9.57. The molecular formula is C18H21N5O. The zero-order chi connectivity index (χ0) is 17.1. The first kappa shape index (κ1) is 16.0. The first-order valence-corrected chi connectivity index (χ1v) is 7.77. The lowest BCUT2D eigenvalue weighted by Crippen LogP contribution is -2.14. The molecule has 6 heteroatoms. The maximum Gasteiger partial charge on any atom is 0.272 e. The number of aromatic nitrogens is 3. The van der Waals surface area contributed by atoms with Crippen molar-refractivity contribution in [3.63, 3.8) is 0 Å². The number of rotatable bonds is 5. The minimum Gasteiger partial charge on any atom is -0.353 e.